The van der Waals surface area contributed by atoms with Crippen LogP contribution in [0.1, 0.15) is 18.5 Å². The molecule has 5 rings (SSSR count). The number of methoxy groups -OCH3 is 1. The van der Waals surface area contributed by atoms with Crippen LogP contribution in [0.25, 0.3) is 5.65 Å². The molecule has 36 heavy (non-hydrogen) atoms. The first-order valence-corrected chi connectivity index (χ1v) is 11.1. The molecule has 1 saturated heterocycles. The Morgan fingerprint density at radius 2 is 1.78 bits per heavy atom. The van der Waals surface area contributed by atoms with Gasteiger partial charge in [0, 0.05) is 25.2 Å². The Labute approximate surface area is 200 Å². The lowest BCUT2D eigenvalue weighted by molar-refractivity contribution is -0.153. The van der Waals surface area contributed by atoms with Gasteiger partial charge in [-0.05, 0) is 36.8 Å². The number of rotatable bonds is 6. The van der Waals surface area contributed by atoms with Crippen LogP contribution in [-0.2, 0) is 6.18 Å². The van der Waals surface area contributed by atoms with E-state index in [2.05, 4.69) is 30.3 Å². The Balaban J connectivity index is 1.39. The summed E-state index contributed by atoms with van der Waals surface area (Å²) in [6.45, 7) is -0.398. The number of nitrogens with zero attached hydrogens (tertiary/aromatic N) is 6. The van der Waals surface area contributed by atoms with Gasteiger partial charge in [0.25, 0.3) is 0 Å². The molecule has 2 bridgehead atoms. The summed E-state index contributed by atoms with van der Waals surface area (Å²) in [4.78, 5) is 14.5. The van der Waals surface area contributed by atoms with Gasteiger partial charge in [0.1, 0.15) is 17.8 Å². The first-order valence-electron chi connectivity index (χ1n) is 11.1. The largest absolute Gasteiger partial charge is 0.481 e. The van der Waals surface area contributed by atoms with Crippen molar-refractivity contribution in [1.29, 1.82) is 0 Å². The Hall–Kier alpha value is -3.52. The number of aromatic nitrogens is 5. The molecule has 1 aliphatic carbocycles. The molecule has 2 fully saturated rings. The molecule has 0 aromatic carbocycles. The number of halogens is 6. The van der Waals surface area contributed by atoms with E-state index in [4.69, 9.17) is 9.47 Å². The van der Waals surface area contributed by atoms with Crippen molar-refractivity contribution in [3.63, 3.8) is 0 Å². The summed E-state index contributed by atoms with van der Waals surface area (Å²) in [7, 11) is 1.51. The highest BCUT2D eigenvalue weighted by Gasteiger charge is 2.43. The monoisotopic (exact) mass is 517 g/mol. The van der Waals surface area contributed by atoms with Crippen LogP contribution in [0.15, 0.2) is 24.5 Å². The van der Waals surface area contributed by atoms with Crippen LogP contribution < -0.4 is 19.7 Å². The molecule has 3 aromatic heterocycles. The Morgan fingerprint density at radius 1 is 1.06 bits per heavy atom. The van der Waals surface area contributed by atoms with Gasteiger partial charge < -0.3 is 19.7 Å². The SMILES string of the molecule is COc1cc(N2CC3CCC(C2)C3Nc2nc3c(OCC(F)(F)F)ccc(C(F)(F)F)n3n2)ncn1. The summed E-state index contributed by atoms with van der Waals surface area (Å²) < 4.78 is 88.8. The smallest absolute Gasteiger partial charge is 0.433 e. The third kappa shape index (κ3) is 4.78. The summed E-state index contributed by atoms with van der Waals surface area (Å²) >= 11 is 0. The summed E-state index contributed by atoms with van der Waals surface area (Å²) in [5, 5.41) is 7.07. The molecule has 0 radical (unpaired) electrons. The maximum atomic E-state index is 13.5. The van der Waals surface area contributed by atoms with E-state index in [-0.39, 0.29) is 23.8 Å². The lowest BCUT2D eigenvalue weighted by Gasteiger charge is -2.38. The molecule has 3 aromatic rings. The van der Waals surface area contributed by atoms with Crippen molar-refractivity contribution in [2.75, 3.05) is 37.0 Å². The predicted molar refractivity (Wildman–Crippen MR) is 114 cm³/mol. The van der Waals surface area contributed by atoms with Crippen LogP contribution in [0.2, 0.25) is 0 Å². The highest BCUT2D eigenvalue weighted by Crippen LogP contribution is 2.40. The maximum absolute atomic E-state index is 13.5. The number of nitrogens with one attached hydrogen (secondary N) is 1. The molecule has 1 aliphatic heterocycles. The minimum Gasteiger partial charge on any atom is -0.481 e. The quantitative estimate of drug-likeness (QED) is 0.494. The normalized spacial score (nSPS) is 22.2. The number of anilines is 2. The molecule has 15 heteroatoms. The summed E-state index contributed by atoms with van der Waals surface area (Å²) in [6, 6.07) is 3.05. The van der Waals surface area contributed by atoms with Gasteiger partial charge >= 0.3 is 12.4 Å². The van der Waals surface area contributed by atoms with Crippen LogP contribution in [-0.4, -0.2) is 63.6 Å². The van der Waals surface area contributed by atoms with Gasteiger partial charge in [-0.3, -0.25) is 0 Å². The van der Waals surface area contributed by atoms with E-state index < -0.39 is 36.1 Å². The molecule has 0 amide bonds. The topological polar surface area (TPSA) is 89.7 Å². The molecule has 2 atom stereocenters. The maximum Gasteiger partial charge on any atom is 0.433 e. The van der Waals surface area contributed by atoms with Gasteiger partial charge in [-0.25, -0.2) is 14.5 Å². The first-order chi connectivity index (χ1) is 17.0. The van der Waals surface area contributed by atoms with E-state index >= 15 is 0 Å². The molecule has 2 unspecified atom stereocenters. The van der Waals surface area contributed by atoms with Crippen molar-refractivity contribution in [3.05, 3.63) is 30.2 Å². The zero-order chi connectivity index (χ0) is 25.7. The number of pyridine rings is 1. The van der Waals surface area contributed by atoms with Gasteiger partial charge in [-0.15, -0.1) is 5.10 Å². The fourth-order valence-electron chi connectivity index (χ4n) is 4.90. The zero-order valence-electron chi connectivity index (χ0n) is 18.8. The van der Waals surface area contributed by atoms with Crippen molar-refractivity contribution < 1.29 is 35.8 Å². The average Bonchev–Trinajstić information content (AvgIpc) is 3.32. The molecular formula is C21H21F6N7O2. The number of fused-ring (bicyclic) bond motifs is 3. The van der Waals surface area contributed by atoms with Crippen molar-refractivity contribution in [1.82, 2.24) is 24.6 Å². The highest BCUT2D eigenvalue weighted by molar-refractivity contribution is 5.57. The van der Waals surface area contributed by atoms with Gasteiger partial charge in [0.15, 0.2) is 18.0 Å². The van der Waals surface area contributed by atoms with Gasteiger partial charge in [-0.2, -0.15) is 31.3 Å². The van der Waals surface area contributed by atoms with E-state index in [1.165, 1.54) is 13.4 Å². The number of ether oxygens (including phenoxy) is 2. The molecule has 1 N–H and O–H groups in total. The number of piperidine rings is 1. The van der Waals surface area contributed by atoms with Crippen molar-refractivity contribution in [2.45, 2.75) is 31.2 Å². The van der Waals surface area contributed by atoms with Crippen LogP contribution in [0, 0.1) is 11.8 Å². The second kappa shape index (κ2) is 8.85. The summed E-state index contributed by atoms with van der Waals surface area (Å²) in [5.74, 6) is 0.840. The molecule has 2 aliphatic rings. The summed E-state index contributed by atoms with van der Waals surface area (Å²) in [6.07, 6.45) is -6.29. The van der Waals surface area contributed by atoms with E-state index in [1.807, 2.05) is 0 Å². The third-order valence-corrected chi connectivity index (χ3v) is 6.42. The lowest BCUT2D eigenvalue weighted by Crippen LogP contribution is -2.48. The number of hydrogen-bond acceptors (Lipinski definition) is 8. The van der Waals surface area contributed by atoms with Crippen LogP contribution in [0.4, 0.5) is 38.1 Å². The minimum atomic E-state index is -4.80. The van der Waals surface area contributed by atoms with Crippen LogP contribution in [0.3, 0.4) is 0 Å². The zero-order valence-corrected chi connectivity index (χ0v) is 18.8. The number of alkyl halides is 6. The van der Waals surface area contributed by atoms with E-state index in [9.17, 15) is 26.3 Å². The van der Waals surface area contributed by atoms with E-state index in [0.717, 1.165) is 18.9 Å². The molecule has 0 spiro atoms. The third-order valence-electron chi connectivity index (χ3n) is 6.42. The molecule has 1 saturated carbocycles. The highest BCUT2D eigenvalue weighted by atomic mass is 19.4. The standard InChI is InChI=1S/C21H21F6N7O2/c1-35-16-6-15(28-10-29-16)33-7-11-2-3-12(8-33)17(11)30-19-31-18-13(36-9-20(22,23)24)4-5-14(21(25,26)27)34(18)32-19/h4-6,10-12,17H,2-3,7-9H2,1H3,(H,30,32). The van der Waals surface area contributed by atoms with Crippen molar-refractivity contribution in [3.8, 4) is 11.6 Å². The Bertz CT molecular complexity index is 1230. The predicted octanol–water partition coefficient (Wildman–Crippen LogP) is 3.81. The molecule has 4 heterocycles. The van der Waals surface area contributed by atoms with Crippen LogP contribution >= 0.6 is 0 Å². The Morgan fingerprint density at radius 3 is 2.42 bits per heavy atom. The second-order valence-electron chi connectivity index (χ2n) is 8.75. The van der Waals surface area contributed by atoms with Gasteiger partial charge in [-0.1, -0.05) is 0 Å². The minimum absolute atomic E-state index is 0.109. The van der Waals surface area contributed by atoms with Crippen molar-refractivity contribution >= 4 is 17.4 Å². The molecule has 9 nitrogen and oxygen atoms in total. The lowest BCUT2D eigenvalue weighted by atomic mass is 9.92. The van der Waals surface area contributed by atoms with Crippen molar-refractivity contribution in [2.24, 2.45) is 11.8 Å². The average molecular weight is 517 g/mol. The Kier molecular flexibility index (Phi) is 5.95. The fourth-order valence-corrected chi connectivity index (χ4v) is 4.90. The molecule has 194 valence electrons. The molecular weight excluding hydrogens is 496 g/mol. The fraction of sp³-hybridized carbons (Fsp3) is 0.524. The van der Waals surface area contributed by atoms with E-state index in [1.54, 1.807) is 6.07 Å². The first kappa shape index (κ1) is 24.2. The van der Waals surface area contributed by atoms with Gasteiger partial charge in [0.2, 0.25) is 11.8 Å². The van der Waals surface area contributed by atoms with Crippen LogP contribution in [0.5, 0.6) is 11.6 Å². The summed E-state index contributed by atoms with van der Waals surface area (Å²) in [5.41, 5.74) is -1.62. The second-order valence-corrected chi connectivity index (χ2v) is 8.75. The van der Waals surface area contributed by atoms with E-state index in [0.29, 0.717) is 35.4 Å². The number of hydrogen-bond donors (Lipinski definition) is 1. The van der Waals surface area contributed by atoms with Gasteiger partial charge in [0.05, 0.1) is 7.11 Å².